The molecular formula is C33H36Cl2N4. The molecule has 1 N–H and O–H groups in total. The second-order valence-corrected chi connectivity index (χ2v) is 11.1. The van der Waals surface area contributed by atoms with Crippen LogP contribution in [0.2, 0.25) is 5.02 Å². The van der Waals surface area contributed by atoms with Crippen molar-refractivity contribution < 1.29 is 0 Å². The Kier molecular flexibility index (Phi) is 8.86. The number of nitrogens with zero attached hydrogens (tertiary/aromatic N) is 3. The van der Waals surface area contributed by atoms with Crippen molar-refractivity contribution in [1.29, 1.82) is 0 Å². The predicted molar refractivity (Wildman–Crippen MR) is 166 cm³/mol. The van der Waals surface area contributed by atoms with Crippen LogP contribution in [-0.2, 0) is 19.3 Å². The van der Waals surface area contributed by atoms with E-state index in [9.17, 15) is 0 Å². The first kappa shape index (κ1) is 27.6. The minimum Gasteiger partial charge on any atom is -0.324 e. The Bertz CT molecular complexity index is 1410. The lowest BCUT2D eigenvalue weighted by atomic mass is 9.87. The highest BCUT2D eigenvalue weighted by molar-refractivity contribution is 6.33. The number of nitrogens with one attached hydrogen (secondary N) is 1. The van der Waals surface area contributed by atoms with Gasteiger partial charge in [0.2, 0.25) is 5.95 Å². The molecule has 39 heavy (non-hydrogen) atoms. The maximum atomic E-state index is 6.65. The van der Waals surface area contributed by atoms with E-state index in [0.717, 1.165) is 54.5 Å². The summed E-state index contributed by atoms with van der Waals surface area (Å²) in [4.78, 5) is 12.6. The quantitative estimate of drug-likeness (QED) is 0.246. The SMILES string of the molecule is CN(CCc1ccc(Nc2nc(-c3ccccc3Cl)c3c(n2)-c2ccccc2CC3)cc1)C1CCCCC1.Cl. The van der Waals surface area contributed by atoms with Crippen LogP contribution in [0.5, 0.6) is 0 Å². The summed E-state index contributed by atoms with van der Waals surface area (Å²) in [7, 11) is 2.29. The molecule has 6 rings (SSSR count). The highest BCUT2D eigenvalue weighted by Crippen LogP contribution is 2.39. The van der Waals surface area contributed by atoms with Gasteiger partial charge in [-0.1, -0.05) is 85.5 Å². The highest BCUT2D eigenvalue weighted by atomic mass is 35.5. The molecule has 1 saturated carbocycles. The summed E-state index contributed by atoms with van der Waals surface area (Å²) in [6.07, 6.45) is 9.80. The molecule has 3 aromatic carbocycles. The molecule has 6 heteroatoms. The molecule has 1 fully saturated rings. The topological polar surface area (TPSA) is 41.0 Å². The van der Waals surface area contributed by atoms with Gasteiger partial charge < -0.3 is 10.2 Å². The van der Waals surface area contributed by atoms with Gasteiger partial charge in [-0.2, -0.15) is 0 Å². The van der Waals surface area contributed by atoms with E-state index in [0.29, 0.717) is 11.0 Å². The molecule has 0 unspecified atom stereocenters. The third-order valence-electron chi connectivity index (χ3n) is 8.21. The van der Waals surface area contributed by atoms with Crippen LogP contribution in [0.4, 0.5) is 11.6 Å². The first-order valence-corrected chi connectivity index (χ1v) is 14.3. The molecule has 0 bridgehead atoms. The lowest BCUT2D eigenvalue weighted by Gasteiger charge is -2.31. The fourth-order valence-electron chi connectivity index (χ4n) is 6.00. The number of hydrogen-bond donors (Lipinski definition) is 1. The zero-order chi connectivity index (χ0) is 25.9. The standard InChI is InChI=1S/C33H35ClN4.ClH/c1-38(26-10-3-2-4-11-26)22-21-23-15-18-25(19-16-23)35-33-36-31-27-12-6-5-9-24(27)17-20-29(31)32(37-33)28-13-7-8-14-30(28)34;/h5-9,12-16,18-19,26H,2-4,10-11,17,20-22H2,1H3,(H,35,36,37);1H. The number of anilines is 2. The van der Waals surface area contributed by atoms with Crippen LogP contribution < -0.4 is 5.32 Å². The molecule has 2 aliphatic carbocycles. The second kappa shape index (κ2) is 12.5. The number of hydrogen-bond acceptors (Lipinski definition) is 4. The zero-order valence-electron chi connectivity index (χ0n) is 22.5. The molecule has 0 spiro atoms. The second-order valence-electron chi connectivity index (χ2n) is 10.7. The molecule has 4 aromatic rings. The third kappa shape index (κ3) is 6.14. The molecule has 0 atom stereocenters. The fraction of sp³-hybridized carbons (Fsp3) is 0.333. The van der Waals surface area contributed by atoms with Crippen molar-refractivity contribution in [2.45, 2.75) is 57.4 Å². The van der Waals surface area contributed by atoms with Gasteiger partial charge in [-0.05, 0) is 68.5 Å². The average molecular weight is 560 g/mol. The first-order chi connectivity index (χ1) is 18.7. The summed E-state index contributed by atoms with van der Waals surface area (Å²) >= 11 is 6.65. The molecule has 2 aliphatic rings. The molecular weight excluding hydrogens is 523 g/mol. The largest absolute Gasteiger partial charge is 0.324 e. The van der Waals surface area contributed by atoms with Gasteiger partial charge in [0.1, 0.15) is 0 Å². The predicted octanol–water partition coefficient (Wildman–Crippen LogP) is 8.54. The van der Waals surface area contributed by atoms with Gasteiger partial charge >= 0.3 is 0 Å². The number of fused-ring (bicyclic) bond motifs is 3. The smallest absolute Gasteiger partial charge is 0.228 e. The lowest BCUT2D eigenvalue weighted by Crippen LogP contribution is -2.34. The van der Waals surface area contributed by atoms with Crippen LogP contribution in [0.25, 0.3) is 22.5 Å². The van der Waals surface area contributed by atoms with Gasteiger partial charge in [0.15, 0.2) is 0 Å². The lowest BCUT2D eigenvalue weighted by molar-refractivity contribution is 0.194. The molecule has 0 aliphatic heterocycles. The molecule has 1 aromatic heterocycles. The number of aromatic nitrogens is 2. The minimum absolute atomic E-state index is 0. The molecule has 0 amide bonds. The first-order valence-electron chi connectivity index (χ1n) is 14.0. The van der Waals surface area contributed by atoms with Crippen LogP contribution in [0.15, 0.2) is 72.8 Å². The number of benzene rings is 3. The van der Waals surface area contributed by atoms with Crippen molar-refractivity contribution >= 4 is 35.6 Å². The molecule has 4 nitrogen and oxygen atoms in total. The average Bonchev–Trinajstić information content (AvgIpc) is 2.97. The van der Waals surface area contributed by atoms with Crippen molar-refractivity contribution in [3.8, 4) is 22.5 Å². The van der Waals surface area contributed by atoms with E-state index in [-0.39, 0.29) is 12.4 Å². The Morgan fingerprint density at radius 2 is 1.49 bits per heavy atom. The molecule has 1 heterocycles. The fourth-order valence-corrected chi connectivity index (χ4v) is 6.22. The summed E-state index contributed by atoms with van der Waals surface area (Å²) in [6.45, 7) is 1.10. The van der Waals surface area contributed by atoms with Gasteiger partial charge in [0.25, 0.3) is 0 Å². The maximum Gasteiger partial charge on any atom is 0.228 e. The van der Waals surface area contributed by atoms with Crippen LogP contribution in [0.1, 0.15) is 48.8 Å². The Morgan fingerprint density at radius 3 is 2.23 bits per heavy atom. The van der Waals surface area contributed by atoms with E-state index in [1.54, 1.807) is 0 Å². The van der Waals surface area contributed by atoms with Crippen molar-refractivity contribution in [1.82, 2.24) is 14.9 Å². The number of halogens is 2. The minimum atomic E-state index is 0. The normalized spacial score (nSPS) is 14.8. The Hall–Kier alpha value is -2.92. The van der Waals surface area contributed by atoms with Gasteiger partial charge in [0.05, 0.1) is 11.4 Å². The Balaban J connectivity index is 0.00000308. The third-order valence-corrected chi connectivity index (χ3v) is 8.54. The number of aryl methyl sites for hydroxylation is 1. The van der Waals surface area contributed by atoms with E-state index >= 15 is 0 Å². The summed E-state index contributed by atoms with van der Waals surface area (Å²) < 4.78 is 0. The van der Waals surface area contributed by atoms with E-state index in [2.05, 4.69) is 65.8 Å². The van der Waals surface area contributed by atoms with Gasteiger partial charge in [-0.15, -0.1) is 12.4 Å². The van der Waals surface area contributed by atoms with E-state index < -0.39 is 0 Å². The summed E-state index contributed by atoms with van der Waals surface area (Å²) in [5.41, 5.74) is 8.90. The summed E-state index contributed by atoms with van der Waals surface area (Å²) in [5, 5.41) is 4.19. The number of rotatable bonds is 7. The van der Waals surface area contributed by atoms with Crippen LogP contribution in [0, 0.1) is 0 Å². The Morgan fingerprint density at radius 1 is 0.821 bits per heavy atom. The monoisotopic (exact) mass is 558 g/mol. The maximum absolute atomic E-state index is 6.65. The number of likely N-dealkylation sites (N-methyl/N-ethyl adjacent to an activating group) is 1. The van der Waals surface area contributed by atoms with Gasteiger partial charge in [0, 0.05) is 40.0 Å². The zero-order valence-corrected chi connectivity index (χ0v) is 24.1. The van der Waals surface area contributed by atoms with Crippen molar-refractivity contribution in [2.75, 3.05) is 18.9 Å². The molecule has 0 saturated heterocycles. The van der Waals surface area contributed by atoms with Crippen LogP contribution in [0.3, 0.4) is 0 Å². The summed E-state index contributed by atoms with van der Waals surface area (Å²) in [6, 6.07) is 26.0. The van der Waals surface area contributed by atoms with E-state index in [4.69, 9.17) is 21.6 Å². The van der Waals surface area contributed by atoms with Crippen LogP contribution >= 0.6 is 24.0 Å². The summed E-state index contributed by atoms with van der Waals surface area (Å²) in [5.74, 6) is 0.597. The molecule has 202 valence electrons. The van der Waals surface area contributed by atoms with Crippen molar-refractivity contribution in [3.05, 3.63) is 94.5 Å². The van der Waals surface area contributed by atoms with Crippen molar-refractivity contribution in [2.24, 2.45) is 0 Å². The Labute approximate surface area is 243 Å². The highest BCUT2D eigenvalue weighted by Gasteiger charge is 2.24. The van der Waals surface area contributed by atoms with E-state index in [1.165, 1.54) is 54.4 Å². The molecule has 0 radical (unpaired) electrons. The van der Waals surface area contributed by atoms with E-state index in [1.807, 2.05) is 24.3 Å². The van der Waals surface area contributed by atoms with Gasteiger partial charge in [-0.25, -0.2) is 9.97 Å². The van der Waals surface area contributed by atoms with Crippen LogP contribution in [-0.4, -0.2) is 34.5 Å². The van der Waals surface area contributed by atoms with Gasteiger partial charge in [-0.3, -0.25) is 0 Å². The van der Waals surface area contributed by atoms with Crippen molar-refractivity contribution in [3.63, 3.8) is 0 Å².